The van der Waals surface area contributed by atoms with Crippen LogP contribution in [0.4, 0.5) is 0 Å². The maximum atomic E-state index is 10.7. The molecule has 0 saturated carbocycles. The van der Waals surface area contributed by atoms with Gasteiger partial charge in [-0.25, -0.2) is 0 Å². The molecular formula is C13H16N2O4. The highest BCUT2D eigenvalue weighted by Crippen LogP contribution is 2.24. The summed E-state index contributed by atoms with van der Waals surface area (Å²) in [6.07, 6.45) is -2.06. The average molecular weight is 264 g/mol. The molecule has 6 heteroatoms. The Morgan fingerprint density at radius 3 is 2.74 bits per heavy atom. The van der Waals surface area contributed by atoms with E-state index in [9.17, 15) is 20.1 Å². The van der Waals surface area contributed by atoms with Gasteiger partial charge in [-0.15, -0.1) is 0 Å². The molecule has 0 fully saturated rings. The van der Waals surface area contributed by atoms with Crippen LogP contribution in [0.15, 0.2) is 18.2 Å². The number of benzene rings is 1. The Morgan fingerprint density at radius 1 is 1.47 bits per heavy atom. The number of rotatable bonds is 5. The fourth-order valence-electron chi connectivity index (χ4n) is 1.60. The Morgan fingerprint density at radius 2 is 2.16 bits per heavy atom. The number of nitrogens with zero attached hydrogens (tertiary/aromatic N) is 1. The Kier molecular flexibility index (Phi) is 5.30. The lowest BCUT2D eigenvalue weighted by molar-refractivity contribution is -0.119. The normalized spacial score (nSPS) is 13.4. The molecule has 19 heavy (non-hydrogen) atoms. The molecule has 2 unspecified atom stereocenters. The van der Waals surface area contributed by atoms with Crippen LogP contribution in [0.25, 0.3) is 0 Å². The second-order valence-corrected chi connectivity index (χ2v) is 4.17. The van der Waals surface area contributed by atoms with Gasteiger partial charge in [0.2, 0.25) is 5.91 Å². The van der Waals surface area contributed by atoms with Gasteiger partial charge >= 0.3 is 0 Å². The quantitative estimate of drug-likeness (QED) is 0.606. The zero-order chi connectivity index (χ0) is 14.4. The highest BCUT2D eigenvalue weighted by molar-refractivity contribution is 5.72. The fourth-order valence-corrected chi connectivity index (χ4v) is 1.60. The molecule has 1 amide bonds. The van der Waals surface area contributed by atoms with Crippen molar-refractivity contribution in [2.45, 2.75) is 25.6 Å². The van der Waals surface area contributed by atoms with Crippen LogP contribution in [0.3, 0.4) is 0 Å². The van der Waals surface area contributed by atoms with Crippen molar-refractivity contribution < 1.29 is 20.1 Å². The van der Waals surface area contributed by atoms with Gasteiger partial charge in [0.05, 0.1) is 11.7 Å². The van der Waals surface area contributed by atoms with E-state index in [1.807, 2.05) is 0 Å². The number of phenolic OH excluding ortho intramolecular Hbond substituents is 1. The topological polar surface area (TPSA) is 114 Å². The molecule has 0 saturated heterocycles. The number of amides is 1. The number of aliphatic hydroxyl groups is 2. The van der Waals surface area contributed by atoms with Gasteiger partial charge in [-0.2, -0.15) is 5.26 Å². The van der Waals surface area contributed by atoms with Crippen molar-refractivity contribution >= 4 is 5.91 Å². The van der Waals surface area contributed by atoms with Crippen molar-refractivity contribution in [1.82, 2.24) is 5.32 Å². The smallest absolute Gasteiger partial charge is 0.216 e. The van der Waals surface area contributed by atoms with Crippen molar-refractivity contribution in [3.05, 3.63) is 29.3 Å². The number of carbonyl (C=O) groups is 1. The van der Waals surface area contributed by atoms with Crippen LogP contribution in [0, 0.1) is 11.3 Å². The van der Waals surface area contributed by atoms with E-state index >= 15 is 0 Å². The van der Waals surface area contributed by atoms with Crippen LogP contribution in [-0.2, 0) is 4.79 Å². The van der Waals surface area contributed by atoms with Crippen molar-refractivity contribution in [1.29, 1.82) is 5.26 Å². The van der Waals surface area contributed by atoms with Gasteiger partial charge in [-0.1, -0.05) is 6.07 Å². The molecule has 0 aliphatic heterocycles. The third-order valence-corrected chi connectivity index (χ3v) is 2.66. The van der Waals surface area contributed by atoms with E-state index in [0.29, 0.717) is 5.56 Å². The number of nitrogens with one attached hydrogen (secondary N) is 1. The second kappa shape index (κ2) is 6.73. The van der Waals surface area contributed by atoms with Gasteiger partial charge in [0.15, 0.2) is 0 Å². The van der Waals surface area contributed by atoms with Gasteiger partial charge in [0.25, 0.3) is 0 Å². The standard InChI is InChI=1S/C13H16N2O4/c1-8(16)15-5-4-12(18)13(19)9-2-3-11(17)10(6-9)7-14/h2-3,6,12-13,17-19H,4-5H2,1H3,(H,15,16). The molecule has 0 aromatic heterocycles. The molecule has 6 nitrogen and oxygen atoms in total. The van der Waals surface area contributed by atoms with E-state index in [0.717, 1.165) is 0 Å². The number of aromatic hydroxyl groups is 1. The summed E-state index contributed by atoms with van der Waals surface area (Å²) in [6, 6.07) is 5.83. The van der Waals surface area contributed by atoms with E-state index in [1.165, 1.54) is 25.1 Å². The molecule has 1 aromatic carbocycles. The maximum absolute atomic E-state index is 10.7. The Bertz CT molecular complexity index is 496. The summed E-state index contributed by atoms with van der Waals surface area (Å²) in [5.74, 6) is -0.385. The summed E-state index contributed by atoms with van der Waals surface area (Å²) in [6.45, 7) is 1.61. The molecule has 0 aliphatic carbocycles. The average Bonchev–Trinajstić information content (AvgIpc) is 2.38. The van der Waals surface area contributed by atoms with E-state index in [2.05, 4.69) is 5.32 Å². The number of aliphatic hydroxyl groups excluding tert-OH is 2. The lowest BCUT2D eigenvalue weighted by Gasteiger charge is -2.18. The fraction of sp³-hybridized carbons (Fsp3) is 0.385. The molecule has 102 valence electrons. The van der Waals surface area contributed by atoms with Crippen LogP contribution < -0.4 is 5.32 Å². The Labute approximate surface area is 110 Å². The van der Waals surface area contributed by atoms with Crippen molar-refractivity contribution in [2.24, 2.45) is 0 Å². The molecule has 1 aromatic rings. The largest absolute Gasteiger partial charge is 0.507 e. The summed E-state index contributed by atoms with van der Waals surface area (Å²) in [5.41, 5.74) is 0.371. The van der Waals surface area contributed by atoms with Gasteiger partial charge in [-0.05, 0) is 24.1 Å². The first-order valence-electron chi connectivity index (χ1n) is 5.79. The predicted octanol–water partition coefficient (Wildman–Crippen LogP) is 0.184. The molecule has 1 rings (SSSR count). The van der Waals surface area contributed by atoms with Crippen LogP contribution in [-0.4, -0.2) is 33.9 Å². The Hall–Kier alpha value is -2.10. The first-order chi connectivity index (χ1) is 8.95. The van der Waals surface area contributed by atoms with Crippen LogP contribution in [0.5, 0.6) is 5.75 Å². The van der Waals surface area contributed by atoms with E-state index in [1.54, 1.807) is 6.07 Å². The van der Waals surface area contributed by atoms with E-state index in [4.69, 9.17) is 5.26 Å². The van der Waals surface area contributed by atoms with Crippen molar-refractivity contribution in [3.63, 3.8) is 0 Å². The molecular weight excluding hydrogens is 248 g/mol. The minimum atomic E-state index is -1.18. The SMILES string of the molecule is CC(=O)NCCC(O)C(O)c1ccc(O)c(C#N)c1. The summed E-state index contributed by atoms with van der Waals surface area (Å²) in [7, 11) is 0. The summed E-state index contributed by atoms with van der Waals surface area (Å²) in [5, 5.41) is 40.3. The van der Waals surface area contributed by atoms with E-state index in [-0.39, 0.29) is 30.2 Å². The number of hydrogen-bond acceptors (Lipinski definition) is 5. The third-order valence-electron chi connectivity index (χ3n) is 2.66. The van der Waals surface area contributed by atoms with Crippen molar-refractivity contribution in [3.8, 4) is 11.8 Å². The minimum Gasteiger partial charge on any atom is -0.507 e. The van der Waals surface area contributed by atoms with Crippen LogP contribution in [0.1, 0.15) is 30.6 Å². The molecule has 0 spiro atoms. The molecule has 0 aliphatic rings. The lowest BCUT2D eigenvalue weighted by atomic mass is 10.00. The number of hydrogen-bond donors (Lipinski definition) is 4. The zero-order valence-electron chi connectivity index (χ0n) is 10.5. The number of nitriles is 1. The predicted molar refractivity (Wildman–Crippen MR) is 67.1 cm³/mol. The highest BCUT2D eigenvalue weighted by Gasteiger charge is 2.19. The monoisotopic (exact) mass is 264 g/mol. The molecule has 0 heterocycles. The lowest BCUT2D eigenvalue weighted by Crippen LogP contribution is -2.27. The zero-order valence-corrected chi connectivity index (χ0v) is 10.5. The summed E-state index contributed by atoms with van der Waals surface area (Å²) in [4.78, 5) is 10.7. The highest BCUT2D eigenvalue weighted by atomic mass is 16.3. The minimum absolute atomic E-state index is 0.0330. The first-order valence-corrected chi connectivity index (χ1v) is 5.79. The molecule has 4 N–H and O–H groups in total. The van der Waals surface area contributed by atoms with Gasteiger partial charge in [-0.3, -0.25) is 4.79 Å². The van der Waals surface area contributed by atoms with Gasteiger partial charge < -0.3 is 20.6 Å². The van der Waals surface area contributed by atoms with Crippen LogP contribution in [0.2, 0.25) is 0 Å². The Balaban J connectivity index is 2.69. The molecule has 0 bridgehead atoms. The summed E-state index contributed by atoms with van der Waals surface area (Å²) < 4.78 is 0. The molecule has 2 atom stereocenters. The summed E-state index contributed by atoms with van der Waals surface area (Å²) >= 11 is 0. The molecule has 0 radical (unpaired) electrons. The van der Waals surface area contributed by atoms with E-state index < -0.39 is 12.2 Å². The van der Waals surface area contributed by atoms with Gasteiger partial charge in [0.1, 0.15) is 17.9 Å². The third kappa shape index (κ3) is 4.25. The van der Waals surface area contributed by atoms with Gasteiger partial charge in [0, 0.05) is 13.5 Å². The second-order valence-electron chi connectivity index (χ2n) is 4.17. The van der Waals surface area contributed by atoms with Crippen molar-refractivity contribution in [2.75, 3.05) is 6.54 Å². The first kappa shape index (κ1) is 15.0. The van der Waals surface area contributed by atoms with Crippen LogP contribution >= 0.6 is 0 Å². The maximum Gasteiger partial charge on any atom is 0.216 e. The number of phenols is 1. The number of carbonyl (C=O) groups excluding carboxylic acids is 1.